The van der Waals surface area contributed by atoms with Crippen molar-refractivity contribution in [3.05, 3.63) is 0 Å². The first kappa shape index (κ1) is 8.32. The molecule has 4 rings (SSSR count). The van der Waals surface area contributed by atoms with Gasteiger partial charge in [0.25, 0.3) is 0 Å². The van der Waals surface area contributed by atoms with E-state index in [4.69, 9.17) is 0 Å². The van der Waals surface area contributed by atoms with E-state index in [1.165, 1.54) is 6.42 Å². The number of carbonyl (C=O) groups excluding carboxylic acids is 1. The van der Waals surface area contributed by atoms with Gasteiger partial charge in [-0.3, -0.25) is 4.79 Å². The second-order valence-electron chi connectivity index (χ2n) is 6.72. The maximum Gasteiger partial charge on any atom is 0.153 e. The van der Waals surface area contributed by atoms with Gasteiger partial charge in [0.05, 0.1) is 4.83 Å². The summed E-state index contributed by atoms with van der Waals surface area (Å²) in [6, 6.07) is 0. The highest BCUT2D eigenvalue weighted by Crippen LogP contribution is 3.04. The molecule has 2 heteroatoms. The lowest BCUT2D eigenvalue weighted by Gasteiger charge is -2.69. The normalized spacial score (nSPS) is 77.3. The van der Waals surface area contributed by atoms with Crippen LogP contribution in [-0.4, -0.2) is 10.6 Å². The van der Waals surface area contributed by atoms with Gasteiger partial charge in [0.1, 0.15) is 0 Å². The van der Waals surface area contributed by atoms with E-state index in [1.54, 1.807) is 0 Å². The third-order valence-electron chi connectivity index (χ3n) is 6.38. The first-order chi connectivity index (χ1) is 6.35. The van der Waals surface area contributed by atoms with Crippen LogP contribution in [0, 0.1) is 27.6 Å². The Morgan fingerprint density at radius 3 is 2.36 bits per heavy atom. The fourth-order valence-corrected chi connectivity index (χ4v) is 8.29. The first-order valence-electron chi connectivity index (χ1n) is 5.54. The summed E-state index contributed by atoms with van der Waals surface area (Å²) in [4.78, 5) is 12.3. The van der Waals surface area contributed by atoms with E-state index in [9.17, 15) is 4.79 Å². The summed E-state index contributed by atoms with van der Waals surface area (Å²) in [6.07, 6.45) is 2.50. The van der Waals surface area contributed by atoms with Gasteiger partial charge in [-0.15, -0.1) is 0 Å². The Bertz CT molecular complexity index is 405. The molecule has 1 spiro atoms. The largest absolute Gasteiger partial charge is 0.298 e. The minimum atomic E-state index is 0.0353. The van der Waals surface area contributed by atoms with Crippen LogP contribution >= 0.6 is 15.9 Å². The van der Waals surface area contributed by atoms with Crippen molar-refractivity contribution in [2.75, 3.05) is 0 Å². The maximum absolute atomic E-state index is 12.1. The van der Waals surface area contributed by atoms with Gasteiger partial charge in [0, 0.05) is 5.41 Å². The van der Waals surface area contributed by atoms with E-state index >= 15 is 0 Å². The van der Waals surface area contributed by atoms with Crippen molar-refractivity contribution in [2.45, 2.75) is 38.4 Å². The summed E-state index contributed by atoms with van der Waals surface area (Å²) in [6.45, 7) is 7.02. The number of ketones is 1. The topological polar surface area (TPSA) is 17.1 Å². The third-order valence-corrected chi connectivity index (χ3v) is 7.33. The minimum Gasteiger partial charge on any atom is -0.298 e. The molecule has 4 saturated carbocycles. The molecule has 1 nitrogen and oxygen atoms in total. The molecule has 0 radical (unpaired) electrons. The molecule has 0 saturated heterocycles. The molecular weight excluding hydrogens is 240 g/mol. The summed E-state index contributed by atoms with van der Waals surface area (Å²) in [7, 11) is 0. The zero-order valence-corrected chi connectivity index (χ0v) is 10.4. The summed E-state index contributed by atoms with van der Waals surface area (Å²) < 4.78 is 0. The molecule has 4 aliphatic carbocycles. The zero-order chi connectivity index (χ0) is 10.1. The predicted octanol–water partition coefficient (Wildman–Crippen LogP) is 2.78. The standard InChI is InChI=1S/C12H15BrO/c1-9-4-10(2)7-6(13)8(14)11(3,5-9)12(7,9)10/h6-7H,4-5H2,1-3H3. The van der Waals surface area contributed by atoms with Crippen molar-refractivity contribution in [3.8, 4) is 0 Å². The summed E-state index contributed by atoms with van der Waals surface area (Å²) in [5.41, 5.74) is 1.47. The number of carbonyl (C=O) groups is 1. The van der Waals surface area contributed by atoms with Gasteiger partial charge in [0.15, 0.2) is 5.78 Å². The van der Waals surface area contributed by atoms with Gasteiger partial charge in [-0.1, -0.05) is 36.7 Å². The lowest BCUT2D eigenvalue weighted by molar-refractivity contribution is -0.220. The predicted molar refractivity (Wildman–Crippen MR) is 57.2 cm³/mol. The zero-order valence-electron chi connectivity index (χ0n) is 8.86. The van der Waals surface area contributed by atoms with Crippen LogP contribution in [0.5, 0.6) is 0 Å². The quantitative estimate of drug-likeness (QED) is 0.608. The van der Waals surface area contributed by atoms with Crippen molar-refractivity contribution in [1.29, 1.82) is 0 Å². The van der Waals surface area contributed by atoms with E-state index in [-0.39, 0.29) is 10.2 Å². The first-order valence-corrected chi connectivity index (χ1v) is 6.45. The van der Waals surface area contributed by atoms with Crippen LogP contribution in [0.15, 0.2) is 0 Å². The molecule has 0 aromatic heterocycles. The van der Waals surface area contributed by atoms with Crippen LogP contribution in [0.3, 0.4) is 0 Å². The van der Waals surface area contributed by atoms with Gasteiger partial charge in [-0.25, -0.2) is 0 Å². The van der Waals surface area contributed by atoms with Crippen LogP contribution in [0.4, 0.5) is 0 Å². The Labute approximate surface area is 92.8 Å². The molecule has 0 aliphatic heterocycles. The van der Waals surface area contributed by atoms with Crippen molar-refractivity contribution in [3.63, 3.8) is 0 Å². The molecule has 4 aliphatic rings. The number of hydrogen-bond donors (Lipinski definition) is 0. The number of halogens is 1. The van der Waals surface area contributed by atoms with Crippen molar-refractivity contribution in [2.24, 2.45) is 27.6 Å². The molecular formula is C12H15BrO. The Hall–Kier alpha value is 0.150. The summed E-state index contributed by atoms with van der Waals surface area (Å²) in [5.74, 6) is 1.16. The van der Waals surface area contributed by atoms with Crippen LogP contribution < -0.4 is 0 Å². The minimum absolute atomic E-state index is 0.0353. The Balaban J connectivity index is 1.97. The number of alkyl halides is 1. The second-order valence-corrected chi connectivity index (χ2v) is 7.70. The number of Topliss-reactive ketones (excluding diaryl/α,β-unsaturated/α-hetero) is 1. The SMILES string of the molecule is CC12CC3(C)C(=O)C(Br)C4C(C)(C1)C423. The summed E-state index contributed by atoms with van der Waals surface area (Å²) >= 11 is 3.64. The highest BCUT2D eigenvalue weighted by atomic mass is 79.9. The lowest BCUT2D eigenvalue weighted by atomic mass is 9.33. The third kappa shape index (κ3) is 0.379. The molecule has 6 unspecified atom stereocenters. The Morgan fingerprint density at radius 2 is 1.93 bits per heavy atom. The van der Waals surface area contributed by atoms with Crippen LogP contribution in [0.2, 0.25) is 0 Å². The van der Waals surface area contributed by atoms with Gasteiger partial charge in [-0.2, -0.15) is 0 Å². The van der Waals surface area contributed by atoms with Crippen LogP contribution in [-0.2, 0) is 4.79 Å². The maximum atomic E-state index is 12.1. The number of hydrogen-bond acceptors (Lipinski definition) is 1. The van der Waals surface area contributed by atoms with E-state index in [1.807, 2.05) is 0 Å². The fraction of sp³-hybridized carbons (Fsp3) is 0.917. The Morgan fingerprint density at radius 1 is 1.29 bits per heavy atom. The van der Waals surface area contributed by atoms with Crippen molar-refractivity contribution in [1.82, 2.24) is 0 Å². The Kier molecular flexibility index (Phi) is 0.934. The van der Waals surface area contributed by atoms with Crippen LogP contribution in [0.1, 0.15) is 33.6 Å². The molecule has 0 bridgehead atoms. The molecule has 4 fully saturated rings. The molecule has 0 aromatic carbocycles. The van der Waals surface area contributed by atoms with E-state index < -0.39 is 0 Å². The second kappa shape index (κ2) is 1.57. The van der Waals surface area contributed by atoms with E-state index in [0.29, 0.717) is 27.9 Å². The number of fused-ring (bicyclic) bond motifs is 1. The summed E-state index contributed by atoms with van der Waals surface area (Å²) in [5, 5.41) is 0. The number of rotatable bonds is 0. The van der Waals surface area contributed by atoms with Gasteiger partial charge < -0.3 is 0 Å². The van der Waals surface area contributed by atoms with Crippen LogP contribution in [0.25, 0.3) is 0 Å². The lowest BCUT2D eigenvalue weighted by Crippen LogP contribution is -2.67. The molecule has 6 atom stereocenters. The monoisotopic (exact) mass is 254 g/mol. The highest BCUT2D eigenvalue weighted by Gasteiger charge is 3.03. The molecule has 0 amide bonds. The average Bonchev–Trinajstić information content (AvgIpc) is 2.55. The van der Waals surface area contributed by atoms with Crippen molar-refractivity contribution < 1.29 is 4.79 Å². The molecule has 76 valence electrons. The average molecular weight is 255 g/mol. The smallest absolute Gasteiger partial charge is 0.153 e. The van der Waals surface area contributed by atoms with E-state index in [2.05, 4.69) is 36.7 Å². The van der Waals surface area contributed by atoms with E-state index in [0.717, 1.165) is 6.42 Å². The highest BCUT2D eigenvalue weighted by molar-refractivity contribution is 9.10. The molecule has 14 heavy (non-hydrogen) atoms. The molecule has 0 heterocycles. The van der Waals surface area contributed by atoms with Crippen molar-refractivity contribution >= 4 is 21.7 Å². The van der Waals surface area contributed by atoms with Gasteiger partial charge >= 0.3 is 0 Å². The fourth-order valence-electron chi connectivity index (χ4n) is 6.81. The molecule has 0 N–H and O–H groups in total. The van der Waals surface area contributed by atoms with Gasteiger partial charge in [0.2, 0.25) is 0 Å². The molecule has 0 aromatic rings. The van der Waals surface area contributed by atoms with Gasteiger partial charge in [-0.05, 0) is 35.0 Å².